The van der Waals surface area contributed by atoms with Gasteiger partial charge in [-0.15, -0.1) is 0 Å². The third-order valence-electron chi connectivity index (χ3n) is 4.17. The van der Waals surface area contributed by atoms with Crippen LogP contribution in [0.4, 0.5) is 0 Å². The van der Waals surface area contributed by atoms with E-state index in [-0.39, 0.29) is 11.9 Å². The van der Waals surface area contributed by atoms with Gasteiger partial charge in [0.1, 0.15) is 0 Å². The molecule has 3 nitrogen and oxygen atoms in total. The molecular formula is C17H26N2O. The Morgan fingerprint density at radius 3 is 2.60 bits per heavy atom. The van der Waals surface area contributed by atoms with Gasteiger partial charge in [-0.1, -0.05) is 29.8 Å². The molecule has 1 aliphatic rings. The summed E-state index contributed by atoms with van der Waals surface area (Å²) >= 11 is 0. The molecule has 1 amide bonds. The molecule has 0 radical (unpaired) electrons. The number of benzene rings is 1. The zero-order valence-electron chi connectivity index (χ0n) is 12.8. The SMILES string of the molecule is Cc1ccc(CCC(=O)NC2CCC(C)NC2C)cc1. The van der Waals surface area contributed by atoms with Crippen LogP contribution in [-0.4, -0.2) is 24.0 Å². The van der Waals surface area contributed by atoms with Gasteiger partial charge < -0.3 is 10.6 Å². The first-order valence-electron chi connectivity index (χ1n) is 7.65. The molecule has 3 heteroatoms. The quantitative estimate of drug-likeness (QED) is 0.886. The molecule has 0 spiro atoms. The van der Waals surface area contributed by atoms with Gasteiger partial charge in [0.2, 0.25) is 5.91 Å². The molecule has 0 saturated carbocycles. The molecule has 0 aliphatic carbocycles. The van der Waals surface area contributed by atoms with Gasteiger partial charge in [-0.2, -0.15) is 0 Å². The smallest absolute Gasteiger partial charge is 0.220 e. The molecule has 2 N–H and O–H groups in total. The number of rotatable bonds is 4. The minimum Gasteiger partial charge on any atom is -0.352 e. The van der Waals surface area contributed by atoms with Crippen molar-refractivity contribution in [2.45, 2.75) is 64.6 Å². The lowest BCUT2D eigenvalue weighted by atomic mass is 9.95. The summed E-state index contributed by atoms with van der Waals surface area (Å²) in [5.74, 6) is 0.166. The van der Waals surface area contributed by atoms with Crippen molar-refractivity contribution in [3.63, 3.8) is 0 Å². The summed E-state index contributed by atoms with van der Waals surface area (Å²) in [6.07, 6.45) is 3.59. The molecule has 0 bridgehead atoms. The maximum Gasteiger partial charge on any atom is 0.220 e. The maximum atomic E-state index is 12.0. The van der Waals surface area contributed by atoms with E-state index in [4.69, 9.17) is 0 Å². The topological polar surface area (TPSA) is 41.1 Å². The first-order valence-corrected chi connectivity index (χ1v) is 7.65. The van der Waals surface area contributed by atoms with Crippen molar-refractivity contribution in [3.05, 3.63) is 35.4 Å². The average Bonchev–Trinajstić information content (AvgIpc) is 2.41. The van der Waals surface area contributed by atoms with E-state index in [9.17, 15) is 4.79 Å². The Kier molecular flexibility index (Phi) is 5.18. The van der Waals surface area contributed by atoms with Crippen molar-refractivity contribution in [1.82, 2.24) is 10.6 Å². The number of carbonyl (C=O) groups excluding carboxylic acids is 1. The van der Waals surface area contributed by atoms with E-state index in [1.807, 2.05) is 0 Å². The predicted octanol–water partition coefficient (Wildman–Crippen LogP) is 2.57. The second kappa shape index (κ2) is 6.89. The first-order chi connectivity index (χ1) is 9.54. The van der Waals surface area contributed by atoms with E-state index < -0.39 is 0 Å². The van der Waals surface area contributed by atoms with Crippen LogP contribution in [-0.2, 0) is 11.2 Å². The summed E-state index contributed by atoms with van der Waals surface area (Å²) in [5, 5.41) is 6.67. The van der Waals surface area contributed by atoms with Crippen LogP contribution in [0.2, 0.25) is 0 Å². The molecule has 20 heavy (non-hydrogen) atoms. The predicted molar refractivity (Wildman–Crippen MR) is 82.7 cm³/mol. The van der Waals surface area contributed by atoms with Crippen LogP contribution in [0.25, 0.3) is 0 Å². The first kappa shape index (κ1) is 15.0. The molecule has 3 unspecified atom stereocenters. The standard InChI is InChI=1S/C17H26N2O/c1-12-4-7-15(8-5-12)9-11-17(20)19-16-10-6-13(2)18-14(16)3/h4-5,7-8,13-14,16,18H,6,9-11H2,1-3H3,(H,19,20). The van der Waals surface area contributed by atoms with Gasteiger partial charge in [0.05, 0.1) is 0 Å². The fourth-order valence-corrected chi connectivity index (χ4v) is 2.82. The fourth-order valence-electron chi connectivity index (χ4n) is 2.82. The third kappa shape index (κ3) is 4.34. The molecule has 3 atom stereocenters. The van der Waals surface area contributed by atoms with Crippen molar-refractivity contribution >= 4 is 5.91 Å². The summed E-state index contributed by atoms with van der Waals surface area (Å²) < 4.78 is 0. The Labute approximate surface area is 122 Å². The number of carbonyl (C=O) groups is 1. The Morgan fingerprint density at radius 1 is 1.25 bits per heavy atom. The highest BCUT2D eigenvalue weighted by Gasteiger charge is 2.25. The van der Waals surface area contributed by atoms with Crippen molar-refractivity contribution in [2.24, 2.45) is 0 Å². The number of nitrogens with one attached hydrogen (secondary N) is 2. The largest absolute Gasteiger partial charge is 0.352 e. The molecule has 2 rings (SSSR count). The van der Waals surface area contributed by atoms with Gasteiger partial charge in [0, 0.05) is 24.5 Å². The molecule has 1 aromatic carbocycles. The summed E-state index contributed by atoms with van der Waals surface area (Å²) in [6, 6.07) is 9.61. The van der Waals surface area contributed by atoms with Crippen molar-refractivity contribution in [2.75, 3.05) is 0 Å². The van der Waals surface area contributed by atoms with Gasteiger partial charge in [0.25, 0.3) is 0 Å². The Hall–Kier alpha value is -1.35. The van der Waals surface area contributed by atoms with Crippen LogP contribution >= 0.6 is 0 Å². The normalized spacial score (nSPS) is 26.2. The van der Waals surface area contributed by atoms with E-state index in [1.165, 1.54) is 11.1 Å². The molecule has 1 aromatic rings. The number of hydrogen-bond donors (Lipinski definition) is 2. The summed E-state index contributed by atoms with van der Waals surface area (Å²) in [7, 11) is 0. The van der Waals surface area contributed by atoms with Gasteiger partial charge in [-0.3, -0.25) is 4.79 Å². The van der Waals surface area contributed by atoms with Crippen LogP contribution < -0.4 is 10.6 Å². The molecule has 1 heterocycles. The van der Waals surface area contributed by atoms with Crippen molar-refractivity contribution in [3.8, 4) is 0 Å². The summed E-state index contributed by atoms with van der Waals surface area (Å²) in [5.41, 5.74) is 2.49. The Balaban J connectivity index is 1.76. The Bertz CT molecular complexity index is 441. The van der Waals surface area contributed by atoms with E-state index in [0.717, 1.165) is 19.3 Å². The Morgan fingerprint density at radius 2 is 1.95 bits per heavy atom. The van der Waals surface area contributed by atoms with Crippen LogP contribution in [0.3, 0.4) is 0 Å². The highest BCUT2D eigenvalue weighted by Crippen LogP contribution is 2.13. The molecule has 1 fully saturated rings. The zero-order chi connectivity index (χ0) is 14.5. The lowest BCUT2D eigenvalue weighted by molar-refractivity contribution is -0.122. The summed E-state index contributed by atoms with van der Waals surface area (Å²) in [6.45, 7) is 6.43. The second-order valence-electron chi connectivity index (χ2n) is 6.09. The van der Waals surface area contributed by atoms with Gasteiger partial charge in [-0.25, -0.2) is 0 Å². The van der Waals surface area contributed by atoms with Crippen molar-refractivity contribution < 1.29 is 4.79 Å². The fraction of sp³-hybridized carbons (Fsp3) is 0.588. The third-order valence-corrected chi connectivity index (χ3v) is 4.17. The van der Waals surface area contributed by atoms with Crippen LogP contribution in [0.1, 0.15) is 44.2 Å². The van der Waals surface area contributed by atoms with Crippen molar-refractivity contribution in [1.29, 1.82) is 0 Å². The maximum absolute atomic E-state index is 12.0. The molecule has 0 aromatic heterocycles. The minimum atomic E-state index is 0.166. The number of aryl methyl sites for hydroxylation is 2. The highest BCUT2D eigenvalue weighted by atomic mass is 16.1. The summed E-state index contributed by atoms with van der Waals surface area (Å²) in [4.78, 5) is 12.0. The number of hydrogen-bond acceptors (Lipinski definition) is 2. The van der Waals surface area contributed by atoms with E-state index in [2.05, 4.69) is 55.7 Å². The van der Waals surface area contributed by atoms with Gasteiger partial charge in [-0.05, 0) is 45.6 Å². The second-order valence-corrected chi connectivity index (χ2v) is 6.09. The lowest BCUT2D eigenvalue weighted by Crippen LogP contribution is -2.54. The van der Waals surface area contributed by atoms with Crippen LogP contribution in [0.15, 0.2) is 24.3 Å². The number of piperidine rings is 1. The molecule has 1 aliphatic heterocycles. The molecule has 1 saturated heterocycles. The zero-order valence-corrected chi connectivity index (χ0v) is 12.8. The highest BCUT2D eigenvalue weighted by molar-refractivity contribution is 5.76. The van der Waals surface area contributed by atoms with E-state index in [0.29, 0.717) is 18.5 Å². The number of amides is 1. The van der Waals surface area contributed by atoms with E-state index >= 15 is 0 Å². The van der Waals surface area contributed by atoms with Gasteiger partial charge >= 0.3 is 0 Å². The van der Waals surface area contributed by atoms with Crippen LogP contribution in [0.5, 0.6) is 0 Å². The van der Waals surface area contributed by atoms with Gasteiger partial charge in [0.15, 0.2) is 0 Å². The van der Waals surface area contributed by atoms with E-state index in [1.54, 1.807) is 0 Å². The molecular weight excluding hydrogens is 248 g/mol. The average molecular weight is 274 g/mol. The monoisotopic (exact) mass is 274 g/mol. The molecule has 110 valence electrons. The minimum absolute atomic E-state index is 0.166. The lowest BCUT2D eigenvalue weighted by Gasteiger charge is -2.34. The van der Waals surface area contributed by atoms with Crippen LogP contribution in [0, 0.1) is 6.92 Å².